The fourth-order valence-electron chi connectivity index (χ4n) is 5.31. The van der Waals surface area contributed by atoms with Crippen LogP contribution in [0.5, 0.6) is 0 Å². The van der Waals surface area contributed by atoms with Crippen LogP contribution in [0.2, 0.25) is 0 Å². The van der Waals surface area contributed by atoms with Gasteiger partial charge in [-0.2, -0.15) is 0 Å². The van der Waals surface area contributed by atoms with Crippen molar-refractivity contribution in [2.24, 2.45) is 11.8 Å². The van der Waals surface area contributed by atoms with Crippen LogP contribution in [0.1, 0.15) is 49.7 Å². The van der Waals surface area contributed by atoms with Gasteiger partial charge in [-0.05, 0) is 60.3 Å². The number of rotatable bonds is 9. The van der Waals surface area contributed by atoms with Crippen LogP contribution in [0.4, 0.5) is 4.79 Å². The number of aliphatic carboxylic acids is 1. The third kappa shape index (κ3) is 5.82. The number of amides is 2. The zero-order chi connectivity index (χ0) is 24.9. The monoisotopic (exact) mass is 480 g/mol. The molecule has 2 aliphatic carbocycles. The van der Waals surface area contributed by atoms with E-state index in [-0.39, 0.29) is 36.7 Å². The van der Waals surface area contributed by atoms with Crippen LogP contribution in [-0.4, -0.2) is 53.5 Å². The van der Waals surface area contributed by atoms with E-state index in [0.29, 0.717) is 6.54 Å². The Hall–Kier alpha value is -3.39. The van der Waals surface area contributed by atoms with Crippen molar-refractivity contribution in [1.82, 2.24) is 10.6 Å². The second-order valence-electron chi connectivity index (χ2n) is 9.58. The molecular formula is C27H32N2O6. The summed E-state index contributed by atoms with van der Waals surface area (Å²) < 4.78 is 5.59. The molecule has 0 spiro atoms. The van der Waals surface area contributed by atoms with Gasteiger partial charge in [0.1, 0.15) is 6.61 Å². The van der Waals surface area contributed by atoms with Crippen molar-refractivity contribution in [3.63, 3.8) is 0 Å². The van der Waals surface area contributed by atoms with Crippen LogP contribution in [-0.2, 0) is 14.3 Å². The SMILES string of the molecule is CC(O)C(NC(=O)CC1CCC(CNC(=O)OCC2c3ccccc3-c3ccccc32)C1)C(=O)O. The Kier molecular flexibility index (Phi) is 7.70. The highest BCUT2D eigenvalue weighted by Crippen LogP contribution is 2.44. The van der Waals surface area contributed by atoms with Gasteiger partial charge in [-0.25, -0.2) is 9.59 Å². The maximum absolute atomic E-state index is 12.4. The third-order valence-corrected chi connectivity index (χ3v) is 7.07. The predicted molar refractivity (Wildman–Crippen MR) is 130 cm³/mol. The summed E-state index contributed by atoms with van der Waals surface area (Å²) in [6.07, 6.45) is 1.06. The Morgan fingerprint density at radius 2 is 1.60 bits per heavy atom. The molecule has 4 N–H and O–H groups in total. The number of nitrogens with one attached hydrogen (secondary N) is 2. The molecular weight excluding hydrogens is 448 g/mol. The van der Waals surface area contributed by atoms with E-state index in [9.17, 15) is 19.5 Å². The molecule has 2 aromatic carbocycles. The van der Waals surface area contributed by atoms with E-state index < -0.39 is 24.2 Å². The number of hydrogen-bond donors (Lipinski definition) is 4. The van der Waals surface area contributed by atoms with Gasteiger partial charge in [-0.15, -0.1) is 0 Å². The smallest absolute Gasteiger partial charge is 0.407 e. The summed E-state index contributed by atoms with van der Waals surface area (Å²) in [5.41, 5.74) is 4.70. The maximum atomic E-state index is 12.4. The standard InChI is InChI=1S/C27H32N2O6/c1-16(30)25(26(32)33)29-24(31)13-17-10-11-18(12-17)14-28-27(34)35-15-23-21-8-4-2-6-19(21)20-7-3-5-9-22(20)23/h2-9,16-18,23,25,30H,10-15H2,1H3,(H,28,34)(H,29,31)(H,32,33). The van der Waals surface area contributed by atoms with Crippen LogP contribution < -0.4 is 10.6 Å². The lowest BCUT2D eigenvalue weighted by Crippen LogP contribution is -2.47. The highest BCUT2D eigenvalue weighted by molar-refractivity contribution is 5.84. The molecule has 0 aliphatic heterocycles. The molecule has 0 radical (unpaired) electrons. The quantitative estimate of drug-likeness (QED) is 0.437. The molecule has 2 aromatic rings. The molecule has 1 fully saturated rings. The Balaban J connectivity index is 1.21. The van der Waals surface area contributed by atoms with Gasteiger partial charge in [-0.3, -0.25) is 4.79 Å². The number of carbonyl (C=O) groups excluding carboxylic acids is 2. The molecule has 2 aliphatic rings. The molecule has 8 heteroatoms. The summed E-state index contributed by atoms with van der Waals surface area (Å²) in [6.45, 7) is 2.07. The van der Waals surface area contributed by atoms with Crippen molar-refractivity contribution < 1.29 is 29.3 Å². The fourth-order valence-corrected chi connectivity index (χ4v) is 5.31. The van der Waals surface area contributed by atoms with Gasteiger partial charge in [0.15, 0.2) is 6.04 Å². The van der Waals surface area contributed by atoms with Crippen LogP contribution in [0.25, 0.3) is 11.1 Å². The topological polar surface area (TPSA) is 125 Å². The first-order valence-corrected chi connectivity index (χ1v) is 12.1. The second-order valence-corrected chi connectivity index (χ2v) is 9.58. The van der Waals surface area contributed by atoms with Gasteiger partial charge >= 0.3 is 12.1 Å². The van der Waals surface area contributed by atoms with E-state index in [0.717, 1.165) is 19.3 Å². The summed E-state index contributed by atoms with van der Waals surface area (Å²) in [4.78, 5) is 35.8. The fraction of sp³-hybridized carbons (Fsp3) is 0.444. The molecule has 4 unspecified atom stereocenters. The Morgan fingerprint density at radius 1 is 1.00 bits per heavy atom. The van der Waals surface area contributed by atoms with Crippen molar-refractivity contribution in [2.45, 2.75) is 50.7 Å². The van der Waals surface area contributed by atoms with Crippen LogP contribution in [0.15, 0.2) is 48.5 Å². The van der Waals surface area contributed by atoms with E-state index in [1.807, 2.05) is 24.3 Å². The molecule has 4 atom stereocenters. The molecule has 0 bridgehead atoms. The molecule has 35 heavy (non-hydrogen) atoms. The second kappa shape index (κ2) is 10.9. The van der Waals surface area contributed by atoms with E-state index in [1.54, 1.807) is 0 Å². The molecule has 186 valence electrons. The molecule has 0 heterocycles. The molecule has 1 saturated carbocycles. The van der Waals surface area contributed by atoms with E-state index in [4.69, 9.17) is 9.84 Å². The van der Waals surface area contributed by atoms with Crippen molar-refractivity contribution in [2.75, 3.05) is 13.2 Å². The van der Waals surface area contributed by atoms with Gasteiger partial charge in [0.05, 0.1) is 6.10 Å². The first kappa shape index (κ1) is 24.7. The minimum Gasteiger partial charge on any atom is -0.480 e. The maximum Gasteiger partial charge on any atom is 0.407 e. The van der Waals surface area contributed by atoms with Crippen LogP contribution in [0.3, 0.4) is 0 Å². The number of aliphatic hydroxyl groups is 1. The van der Waals surface area contributed by atoms with Gasteiger partial charge < -0.3 is 25.6 Å². The first-order chi connectivity index (χ1) is 16.8. The normalized spacial score (nSPS) is 20.4. The number of aliphatic hydroxyl groups excluding tert-OH is 1. The molecule has 0 saturated heterocycles. The number of carboxylic acid groups (broad SMARTS) is 1. The molecule has 4 rings (SSSR count). The van der Waals surface area contributed by atoms with E-state index in [2.05, 4.69) is 34.9 Å². The lowest BCUT2D eigenvalue weighted by Gasteiger charge is -2.18. The minimum absolute atomic E-state index is 0.0128. The Labute approximate surface area is 204 Å². The zero-order valence-electron chi connectivity index (χ0n) is 19.8. The highest BCUT2D eigenvalue weighted by Gasteiger charge is 2.31. The first-order valence-electron chi connectivity index (χ1n) is 12.1. The Bertz CT molecular complexity index is 1040. The third-order valence-electron chi connectivity index (χ3n) is 7.07. The highest BCUT2D eigenvalue weighted by atomic mass is 16.5. The molecule has 0 aromatic heterocycles. The van der Waals surface area contributed by atoms with Gasteiger partial charge in [-0.1, -0.05) is 48.5 Å². The summed E-state index contributed by atoms with van der Waals surface area (Å²) in [7, 11) is 0. The number of alkyl carbamates (subject to hydrolysis) is 1. The van der Waals surface area contributed by atoms with Crippen LogP contribution in [0, 0.1) is 11.8 Å². The number of fused-ring (bicyclic) bond motifs is 3. The van der Waals surface area contributed by atoms with Crippen molar-refractivity contribution in [3.8, 4) is 11.1 Å². The van der Waals surface area contributed by atoms with Crippen molar-refractivity contribution in [3.05, 3.63) is 59.7 Å². The number of ether oxygens (including phenoxy) is 1. The van der Waals surface area contributed by atoms with Crippen molar-refractivity contribution in [1.29, 1.82) is 0 Å². The number of hydrogen-bond acceptors (Lipinski definition) is 5. The lowest BCUT2D eigenvalue weighted by atomic mass is 9.98. The van der Waals surface area contributed by atoms with Crippen molar-refractivity contribution >= 4 is 18.0 Å². The average Bonchev–Trinajstić information content (AvgIpc) is 3.41. The van der Waals surface area contributed by atoms with Gasteiger partial charge in [0.25, 0.3) is 0 Å². The molecule has 8 nitrogen and oxygen atoms in total. The summed E-state index contributed by atoms with van der Waals surface area (Å²) >= 11 is 0. The summed E-state index contributed by atoms with van der Waals surface area (Å²) in [6, 6.07) is 15.1. The summed E-state index contributed by atoms with van der Waals surface area (Å²) in [5, 5.41) is 23.9. The minimum atomic E-state index is -1.31. The number of carboxylic acids is 1. The average molecular weight is 481 g/mol. The molecule has 2 amide bonds. The van der Waals surface area contributed by atoms with Crippen LogP contribution >= 0.6 is 0 Å². The predicted octanol–water partition coefficient (Wildman–Crippen LogP) is 3.28. The lowest BCUT2D eigenvalue weighted by molar-refractivity contribution is -0.144. The zero-order valence-corrected chi connectivity index (χ0v) is 19.8. The number of carbonyl (C=O) groups is 3. The summed E-state index contributed by atoms with van der Waals surface area (Å²) in [5.74, 6) is -1.27. The van der Waals surface area contributed by atoms with E-state index >= 15 is 0 Å². The Morgan fingerprint density at radius 3 is 2.20 bits per heavy atom. The van der Waals surface area contributed by atoms with Gasteiger partial charge in [0.2, 0.25) is 5.91 Å². The van der Waals surface area contributed by atoms with Gasteiger partial charge in [0, 0.05) is 18.9 Å². The van der Waals surface area contributed by atoms with E-state index in [1.165, 1.54) is 29.2 Å². The largest absolute Gasteiger partial charge is 0.480 e. The number of benzene rings is 2.